The van der Waals surface area contributed by atoms with Crippen molar-refractivity contribution in [3.05, 3.63) is 58.7 Å². The minimum atomic E-state index is -0.216. The molecule has 0 saturated carbocycles. The lowest BCUT2D eigenvalue weighted by atomic mass is 9.83. The van der Waals surface area contributed by atoms with E-state index in [1.807, 2.05) is 0 Å². The van der Waals surface area contributed by atoms with Crippen LogP contribution in [0, 0.1) is 0 Å². The molecule has 6 nitrogen and oxygen atoms in total. The molecule has 1 aromatic heterocycles. The molecular formula is C14H8N2O4. The van der Waals surface area contributed by atoms with Gasteiger partial charge >= 0.3 is 0 Å². The summed E-state index contributed by atoms with van der Waals surface area (Å²) in [6.45, 7) is 0. The molecule has 0 atom stereocenters. The predicted molar refractivity (Wildman–Crippen MR) is 68.1 cm³/mol. The van der Waals surface area contributed by atoms with Crippen molar-refractivity contribution in [3.63, 3.8) is 0 Å². The third-order valence-corrected chi connectivity index (χ3v) is 3.43. The number of benzene rings is 2. The number of ketones is 2. The third-order valence-electron chi connectivity index (χ3n) is 3.43. The second kappa shape index (κ2) is 3.74. The maximum atomic E-state index is 12.6. The van der Waals surface area contributed by atoms with Gasteiger partial charge in [-0.25, -0.2) is 0 Å². The van der Waals surface area contributed by atoms with Gasteiger partial charge in [0.05, 0.1) is 5.56 Å². The van der Waals surface area contributed by atoms with Gasteiger partial charge in [0.25, 0.3) is 0 Å². The molecule has 0 aliphatic heterocycles. The number of aromatic amines is 2. The molecule has 98 valence electrons. The second-order valence-electron chi connectivity index (χ2n) is 4.49. The predicted octanol–water partition coefficient (Wildman–Crippen LogP) is 2.58. The van der Waals surface area contributed by atoms with Crippen molar-refractivity contribution in [3.8, 4) is 0 Å². The Morgan fingerprint density at radius 2 is 1.45 bits per heavy atom. The fourth-order valence-electron chi connectivity index (χ4n) is 2.51. The summed E-state index contributed by atoms with van der Waals surface area (Å²) in [5.74, 6) is -0.391. The van der Waals surface area contributed by atoms with Gasteiger partial charge in [0, 0.05) is 16.7 Å². The Kier molecular flexibility index (Phi) is 2.03. The van der Waals surface area contributed by atoms with E-state index in [1.165, 1.54) is 0 Å². The Morgan fingerprint density at radius 1 is 0.750 bits per heavy atom. The topological polar surface area (TPSA) is 92.0 Å². The van der Waals surface area contributed by atoms with E-state index in [0.717, 1.165) is 0 Å². The van der Waals surface area contributed by atoms with Crippen molar-refractivity contribution in [2.24, 2.45) is 0 Å². The van der Waals surface area contributed by atoms with Crippen molar-refractivity contribution >= 4 is 22.6 Å². The molecule has 1 aliphatic rings. The largest absolute Gasteiger partial charge is 0.289 e. The lowest BCUT2D eigenvalue weighted by molar-refractivity contribution is -0.0589. The van der Waals surface area contributed by atoms with Gasteiger partial charge in [-0.3, -0.25) is 9.59 Å². The van der Waals surface area contributed by atoms with E-state index in [0.29, 0.717) is 33.3 Å². The van der Waals surface area contributed by atoms with Crippen LogP contribution < -0.4 is 0 Å². The Bertz CT molecular complexity index is 905. The molecule has 2 aromatic carbocycles. The Balaban J connectivity index is 2.14. The maximum Gasteiger partial charge on any atom is 0.196 e. The summed E-state index contributed by atoms with van der Waals surface area (Å²) >= 11 is 0. The number of rotatable bonds is 0. The van der Waals surface area contributed by atoms with Crippen molar-refractivity contribution in [2.75, 3.05) is 0 Å². The SMILES string of the molecule is O=C1c2ccccc2C(=O)c2c1ccc1[nH]oo[nH]c21. The molecule has 0 spiro atoms. The molecule has 0 amide bonds. The molecule has 0 unspecified atom stereocenters. The highest BCUT2D eigenvalue weighted by molar-refractivity contribution is 6.31. The van der Waals surface area contributed by atoms with Gasteiger partial charge in [-0.1, -0.05) is 24.3 Å². The van der Waals surface area contributed by atoms with Gasteiger partial charge in [-0.2, -0.15) is 19.7 Å². The van der Waals surface area contributed by atoms with Gasteiger partial charge in [0.1, 0.15) is 11.0 Å². The fraction of sp³-hybridized carbons (Fsp3) is 0. The van der Waals surface area contributed by atoms with Gasteiger partial charge < -0.3 is 0 Å². The Labute approximate surface area is 111 Å². The molecule has 4 rings (SSSR count). The van der Waals surface area contributed by atoms with Crippen LogP contribution in [0.2, 0.25) is 0 Å². The van der Waals surface area contributed by atoms with Crippen molar-refractivity contribution in [2.45, 2.75) is 0 Å². The highest BCUT2D eigenvalue weighted by Gasteiger charge is 2.31. The number of fused-ring (bicyclic) bond motifs is 4. The zero-order valence-electron chi connectivity index (χ0n) is 10.1. The van der Waals surface area contributed by atoms with E-state index in [9.17, 15) is 9.59 Å². The van der Waals surface area contributed by atoms with Crippen LogP contribution in [0.3, 0.4) is 0 Å². The highest BCUT2D eigenvalue weighted by atomic mass is 17.0. The summed E-state index contributed by atoms with van der Waals surface area (Å²) in [7, 11) is 0. The molecule has 0 bridgehead atoms. The number of H-pyrrole nitrogens is 2. The van der Waals surface area contributed by atoms with E-state index in [2.05, 4.69) is 19.7 Å². The van der Waals surface area contributed by atoms with Crippen molar-refractivity contribution in [1.82, 2.24) is 10.3 Å². The van der Waals surface area contributed by atoms with Crippen LogP contribution in [0.5, 0.6) is 0 Å². The first-order valence-electron chi connectivity index (χ1n) is 5.97. The van der Waals surface area contributed by atoms with Gasteiger partial charge in [0.15, 0.2) is 11.6 Å². The van der Waals surface area contributed by atoms with Crippen LogP contribution in [0.25, 0.3) is 11.0 Å². The molecule has 0 radical (unpaired) electrons. The molecule has 20 heavy (non-hydrogen) atoms. The Hall–Kier alpha value is -3.02. The quantitative estimate of drug-likeness (QED) is 0.479. The molecule has 3 aromatic rings. The zero-order valence-corrected chi connectivity index (χ0v) is 10.1. The molecule has 1 heterocycles. The number of carbonyl (C=O) groups is 2. The van der Waals surface area contributed by atoms with Crippen LogP contribution in [-0.2, 0) is 0 Å². The first-order valence-corrected chi connectivity index (χ1v) is 5.97. The minimum absolute atomic E-state index is 0.175. The molecule has 0 fully saturated rings. The zero-order chi connectivity index (χ0) is 13.7. The highest BCUT2D eigenvalue weighted by Crippen LogP contribution is 2.30. The molecule has 6 heteroatoms. The average Bonchev–Trinajstić information content (AvgIpc) is 2.51. The van der Waals surface area contributed by atoms with Gasteiger partial charge in [-0.15, -0.1) is 0 Å². The Morgan fingerprint density at radius 3 is 2.25 bits per heavy atom. The molecular weight excluding hydrogens is 260 g/mol. The molecule has 1 aliphatic carbocycles. The lowest BCUT2D eigenvalue weighted by Crippen LogP contribution is -2.21. The molecule has 2 N–H and O–H groups in total. The van der Waals surface area contributed by atoms with Crippen molar-refractivity contribution < 1.29 is 19.0 Å². The number of carbonyl (C=O) groups excluding carboxylic acids is 2. The first kappa shape index (κ1) is 10.9. The number of aromatic nitrogens is 2. The van der Waals surface area contributed by atoms with E-state index in [-0.39, 0.29) is 11.6 Å². The number of nitrogens with one attached hydrogen (secondary N) is 2. The van der Waals surface area contributed by atoms with Gasteiger partial charge in [-0.05, 0) is 12.1 Å². The van der Waals surface area contributed by atoms with E-state index in [1.54, 1.807) is 36.4 Å². The van der Waals surface area contributed by atoms with Gasteiger partial charge in [0.2, 0.25) is 0 Å². The first-order chi connectivity index (χ1) is 9.77. The summed E-state index contributed by atoms with van der Waals surface area (Å²) in [5.41, 5.74) is 2.41. The standard InChI is InChI=1S/C14H8N2O4/c17-13-7-3-1-2-4-8(7)14(18)11-9(13)5-6-10-12(11)16-20-19-15-10/h1-6,15-16H. The monoisotopic (exact) mass is 268 g/mol. The lowest BCUT2D eigenvalue weighted by Gasteiger charge is -2.17. The summed E-state index contributed by atoms with van der Waals surface area (Å²) in [6.07, 6.45) is 0. The minimum Gasteiger partial charge on any atom is -0.289 e. The molecule has 0 saturated heterocycles. The van der Waals surface area contributed by atoms with E-state index >= 15 is 0 Å². The summed E-state index contributed by atoms with van der Waals surface area (Å²) in [5, 5.41) is 5.04. The van der Waals surface area contributed by atoms with Crippen LogP contribution in [0.1, 0.15) is 31.8 Å². The van der Waals surface area contributed by atoms with Crippen molar-refractivity contribution in [1.29, 1.82) is 0 Å². The fourth-order valence-corrected chi connectivity index (χ4v) is 2.51. The third kappa shape index (κ3) is 1.27. The van der Waals surface area contributed by atoms with E-state index < -0.39 is 0 Å². The van der Waals surface area contributed by atoms with Crippen LogP contribution in [0.15, 0.2) is 45.8 Å². The average molecular weight is 268 g/mol. The number of hydrogen-bond acceptors (Lipinski definition) is 4. The normalized spacial score (nSPS) is 13.2. The second-order valence-corrected chi connectivity index (χ2v) is 4.49. The van der Waals surface area contributed by atoms with Crippen LogP contribution in [-0.4, -0.2) is 21.9 Å². The van der Waals surface area contributed by atoms with E-state index in [4.69, 9.17) is 0 Å². The number of hydrogen-bond donors (Lipinski definition) is 2. The summed E-state index contributed by atoms with van der Waals surface area (Å²) < 4.78 is 9.17. The van der Waals surface area contributed by atoms with Crippen LogP contribution in [0.4, 0.5) is 0 Å². The maximum absolute atomic E-state index is 12.6. The summed E-state index contributed by atoms with van der Waals surface area (Å²) in [6, 6.07) is 10.0. The smallest absolute Gasteiger partial charge is 0.196 e. The van der Waals surface area contributed by atoms with Crippen LogP contribution >= 0.6 is 0 Å². The summed E-state index contributed by atoms with van der Waals surface area (Å²) in [4.78, 5) is 25.1.